The third-order valence-electron chi connectivity index (χ3n) is 15.2. The number of carbonyl (C=O) groups is 3. The molecule has 0 aliphatic carbocycles. The van der Waals surface area contributed by atoms with Crippen molar-refractivity contribution in [3.05, 3.63) is 99.1 Å². The number of phenols is 3. The number of benzene rings is 3. The molecule has 7 N–H and O–H groups in total. The van der Waals surface area contributed by atoms with Crippen molar-refractivity contribution < 1.29 is 72.8 Å². The van der Waals surface area contributed by atoms with E-state index in [1.807, 2.05) is 0 Å². The monoisotopic (exact) mass is 1070 g/mol. The number of nitrogens with one attached hydrogen (secondary N) is 1. The Labute approximate surface area is 443 Å². The van der Waals surface area contributed by atoms with Crippen LogP contribution in [0.5, 0.6) is 23.0 Å². The van der Waals surface area contributed by atoms with E-state index in [4.69, 9.17) is 18.9 Å². The van der Waals surface area contributed by atoms with Gasteiger partial charge in [-0.1, -0.05) is 52.5 Å². The summed E-state index contributed by atoms with van der Waals surface area (Å²) < 4.78 is 57.6. The average Bonchev–Trinajstić information content (AvgIpc) is 3.78. The normalized spacial score (nSPS) is 28.1. The Morgan fingerprint density at radius 3 is 2.30 bits per heavy atom. The first-order valence-electron chi connectivity index (χ1n) is 25.3. The second kappa shape index (κ2) is 22.2. The predicted molar refractivity (Wildman–Crippen MR) is 285 cm³/mol. The van der Waals surface area contributed by atoms with Gasteiger partial charge in [-0.15, -0.1) is 0 Å². The number of hydrogen-bond acceptors (Lipinski definition) is 17. The lowest BCUT2D eigenvalue weighted by atomic mass is 9.78. The number of ether oxygens (including phenoxy) is 4. The summed E-state index contributed by atoms with van der Waals surface area (Å²) in [5.41, 5.74) is -2.56. The molecule has 1 unspecified atom stereocenters. The Balaban J connectivity index is 1.33. The van der Waals surface area contributed by atoms with E-state index in [1.54, 1.807) is 47.6 Å². The van der Waals surface area contributed by atoms with E-state index in [-0.39, 0.29) is 76.0 Å². The van der Waals surface area contributed by atoms with Crippen LogP contribution in [0.2, 0.25) is 0 Å². The van der Waals surface area contributed by atoms with E-state index in [0.29, 0.717) is 0 Å². The van der Waals surface area contributed by atoms with Gasteiger partial charge in [-0.05, 0) is 39.8 Å². The van der Waals surface area contributed by atoms with E-state index in [1.165, 1.54) is 73.7 Å². The number of esters is 1. The summed E-state index contributed by atoms with van der Waals surface area (Å²) in [5, 5.41) is 77.2. The summed E-state index contributed by atoms with van der Waals surface area (Å²) in [6, 6.07) is 0.322. The van der Waals surface area contributed by atoms with Gasteiger partial charge in [0.1, 0.15) is 40.6 Å². The number of aliphatic hydroxyl groups excluding tert-OH is 3. The van der Waals surface area contributed by atoms with Crippen LogP contribution in [0.3, 0.4) is 0 Å². The highest BCUT2D eigenvalue weighted by Gasteiger charge is 2.50. The Kier molecular flexibility index (Phi) is 16.5. The first kappa shape index (κ1) is 57.2. The summed E-state index contributed by atoms with van der Waals surface area (Å²) in [4.78, 5) is 55.9. The molecule has 21 heteroatoms. The Morgan fingerprint density at radius 1 is 0.987 bits per heavy atom. The van der Waals surface area contributed by atoms with Gasteiger partial charge >= 0.3 is 11.8 Å². The van der Waals surface area contributed by atoms with E-state index in [2.05, 4.69) is 17.0 Å². The van der Waals surface area contributed by atoms with Crippen molar-refractivity contribution in [3.8, 4) is 23.0 Å². The lowest BCUT2D eigenvalue weighted by Gasteiger charge is -2.39. The fourth-order valence-corrected chi connectivity index (χ4v) is 10.5. The summed E-state index contributed by atoms with van der Waals surface area (Å²) in [5.74, 6) is -12.0. The lowest BCUT2D eigenvalue weighted by molar-refractivity contribution is -0.160. The van der Waals surface area contributed by atoms with Gasteiger partial charge in [-0.25, -0.2) is 8.78 Å². The number of aryl methyl sites for hydroxylation is 1. The van der Waals surface area contributed by atoms with Crippen LogP contribution in [0.15, 0.2) is 64.9 Å². The van der Waals surface area contributed by atoms with Gasteiger partial charge in [0.25, 0.3) is 11.7 Å². The number of allylic oxidation sites excluding steroid dienone is 2. The van der Waals surface area contributed by atoms with Gasteiger partial charge < -0.3 is 64.4 Å². The van der Waals surface area contributed by atoms with Crippen LogP contribution in [-0.2, 0) is 30.3 Å². The number of Topliss-reactive ketones (excluding diaryl/α,β-unsaturated/α-hetero) is 1. The molecule has 1 aromatic heterocycles. The number of aliphatic hydroxyl groups is 3. The minimum atomic E-state index is -2.16. The van der Waals surface area contributed by atoms with E-state index in [0.717, 1.165) is 18.5 Å². The van der Waals surface area contributed by atoms with E-state index in [9.17, 15) is 49.8 Å². The topological polar surface area (TPSA) is 262 Å². The zero-order chi connectivity index (χ0) is 56.9. The van der Waals surface area contributed by atoms with Gasteiger partial charge in [0, 0.05) is 87.0 Å². The van der Waals surface area contributed by atoms with Crippen LogP contribution >= 0.6 is 0 Å². The zero-order valence-electron chi connectivity index (χ0n) is 44.8. The smallest absolute Gasteiger partial charge is 0.312 e. The highest BCUT2D eigenvalue weighted by atomic mass is 19.1. The van der Waals surface area contributed by atoms with Crippen molar-refractivity contribution >= 4 is 62.7 Å². The van der Waals surface area contributed by atoms with Gasteiger partial charge in [0.05, 0.1) is 82.0 Å². The number of piperazine rings is 1. The number of nitrogens with zero attached hydrogens (tertiary/aromatic N) is 4. The Hall–Kier alpha value is -7.49. The number of anilines is 2. The number of aromatic nitrogens is 1. The van der Waals surface area contributed by atoms with Crippen molar-refractivity contribution in [2.24, 2.45) is 28.8 Å². The molecular formula is C56H67F2N5O14. The van der Waals surface area contributed by atoms with E-state index < -0.39 is 134 Å². The molecular weight excluding hydrogens is 1000 g/mol. The van der Waals surface area contributed by atoms with Gasteiger partial charge in [0.2, 0.25) is 5.43 Å². The van der Waals surface area contributed by atoms with Gasteiger partial charge in [-0.2, -0.15) is 5.10 Å². The first-order chi connectivity index (χ1) is 36.2. The number of methoxy groups -OCH3 is 1. The molecule has 0 spiro atoms. The Bertz CT molecular complexity index is 3240. The molecule has 4 aliphatic rings. The van der Waals surface area contributed by atoms with Crippen molar-refractivity contribution in [2.45, 2.75) is 112 Å². The number of amides is 1. The molecule has 1 amide bonds. The SMILES string of the molecule is C=C(O)c1cn(CC)c2c(F)c(N3CCN(/N=C\c4c5c(O)c6c(O)c(C)c7c(c6c4O)C(=O)[C@@](C)(O/C=C/[C@H](OC)[C@@H](C)[C@@H](OC(C)=O)[C@H](C)[C@H](O)[C@H](C)[C@@H](O)[C@@H](C)/C=C/C=C(/C)C(=O)N5)O7)C(C)C3)c(F)cc2c1=O. The summed E-state index contributed by atoms with van der Waals surface area (Å²) in [6.45, 7) is 19.2. The molecule has 0 saturated carbocycles. The molecule has 4 aliphatic heterocycles. The van der Waals surface area contributed by atoms with Crippen molar-refractivity contribution in [1.82, 2.24) is 9.58 Å². The van der Waals surface area contributed by atoms with Crippen molar-refractivity contribution in [3.63, 3.8) is 0 Å². The predicted octanol–water partition coefficient (Wildman–Crippen LogP) is 7.44. The number of phenolic OH excluding ortho intramolecular Hbond substituents is 3. The van der Waals surface area contributed by atoms with Gasteiger partial charge in [0.15, 0.2) is 11.6 Å². The standard InChI is InChI=1S/C56H67F2N5O14/c1-13-61-24-36(32(9)64)49(69)34-21-37(57)45(42(58)44(34)61)62-18-19-63(27(4)23-62)59-22-35-43-51(71)40-39(50(35)70)41-53(31(8)48(40)68)77-56(11,54(41)72)75-20-17-38(74-12)28(5)52(76-33(10)65)30(7)47(67)29(6)46(66)25(2)15-14-16-26(3)55(73)60-43/h14-17,20-22,24-25,27-30,38,46-47,52,64,66-68,70-71H,9,13,18-19,23H2,1-8,10-12H3,(H,60,73)/b15-14+,20-17+,26-16-,59-22-/t25-,27?,28+,29+,30+,38-,46-,47+,52+,56-/m0/s1. The van der Waals surface area contributed by atoms with Crippen LogP contribution in [0, 0.1) is 42.2 Å². The van der Waals surface area contributed by atoms with Crippen LogP contribution in [0.25, 0.3) is 27.4 Å². The number of halogens is 2. The van der Waals surface area contributed by atoms with Crippen molar-refractivity contribution in [2.75, 3.05) is 37.0 Å². The number of hydrazone groups is 1. The molecule has 1 fully saturated rings. The summed E-state index contributed by atoms with van der Waals surface area (Å²) >= 11 is 0. The first-order valence-corrected chi connectivity index (χ1v) is 25.3. The minimum absolute atomic E-state index is 0.0103. The Morgan fingerprint density at radius 2 is 1.68 bits per heavy atom. The quantitative estimate of drug-likeness (QED) is 0.0312. The van der Waals surface area contributed by atoms with Crippen molar-refractivity contribution in [1.29, 1.82) is 0 Å². The van der Waals surface area contributed by atoms with Crippen LogP contribution in [0.1, 0.15) is 89.4 Å². The average molecular weight is 1070 g/mol. The highest BCUT2D eigenvalue weighted by molar-refractivity contribution is 6.24. The number of carbonyl (C=O) groups excluding carboxylic acids is 3. The number of rotatable bonds is 7. The fraction of sp³-hybridized carbons (Fsp3) is 0.446. The number of aromatic hydroxyl groups is 3. The van der Waals surface area contributed by atoms with E-state index >= 15 is 8.78 Å². The number of pyridine rings is 1. The molecule has 77 heavy (non-hydrogen) atoms. The summed E-state index contributed by atoms with van der Waals surface area (Å²) in [7, 11) is 1.40. The zero-order valence-corrected chi connectivity index (χ0v) is 44.8. The maximum atomic E-state index is 16.5. The molecule has 1 saturated heterocycles. The third-order valence-corrected chi connectivity index (χ3v) is 15.2. The molecule has 19 nitrogen and oxygen atoms in total. The second-order valence-corrected chi connectivity index (χ2v) is 20.3. The fourth-order valence-electron chi connectivity index (χ4n) is 10.5. The maximum absolute atomic E-state index is 16.5. The van der Waals surface area contributed by atoms with Crippen LogP contribution in [0.4, 0.5) is 20.2 Å². The number of fused-ring (bicyclic) bond motifs is 15. The molecule has 10 atom stereocenters. The maximum Gasteiger partial charge on any atom is 0.312 e. The minimum Gasteiger partial charge on any atom is -0.508 e. The molecule has 8 rings (SSSR count). The number of hydrogen-bond donors (Lipinski definition) is 7. The second-order valence-electron chi connectivity index (χ2n) is 20.3. The largest absolute Gasteiger partial charge is 0.508 e. The van der Waals surface area contributed by atoms with Gasteiger partial charge in [-0.3, -0.25) is 24.2 Å². The molecule has 3 aromatic carbocycles. The third kappa shape index (κ3) is 10.4. The molecule has 5 bridgehead atoms. The number of ketones is 1. The highest BCUT2D eigenvalue weighted by Crippen LogP contribution is 2.55. The molecule has 0 radical (unpaired) electrons. The summed E-state index contributed by atoms with van der Waals surface area (Å²) in [6.07, 6.45) is 5.41. The molecule has 414 valence electrons. The lowest BCUT2D eigenvalue weighted by Crippen LogP contribution is -2.50. The molecule has 4 aromatic rings. The molecule has 5 heterocycles. The van der Waals surface area contributed by atoms with Crippen LogP contribution in [-0.4, -0.2) is 127 Å². The van der Waals surface area contributed by atoms with Crippen LogP contribution < -0.4 is 20.4 Å².